The Morgan fingerprint density at radius 3 is 2.63 bits per heavy atom. The first-order valence-corrected chi connectivity index (χ1v) is 10.4. The molecule has 30 heavy (non-hydrogen) atoms. The van der Waals surface area contributed by atoms with Crippen molar-refractivity contribution in [2.24, 2.45) is 0 Å². The molecule has 1 aliphatic rings. The third-order valence-electron chi connectivity index (χ3n) is 4.86. The summed E-state index contributed by atoms with van der Waals surface area (Å²) >= 11 is 3.44. The van der Waals surface area contributed by atoms with Gasteiger partial charge in [0.05, 0.1) is 23.2 Å². The van der Waals surface area contributed by atoms with E-state index in [0.29, 0.717) is 41.7 Å². The lowest BCUT2D eigenvalue weighted by molar-refractivity contribution is -0.0431. The SMILES string of the molecule is [C-]#[N+]c1ccc(-c2nn(CC3(O)CCN(C(=O)OC(C)(C)C)CC3)cc2Br)cc1F. The van der Waals surface area contributed by atoms with Gasteiger partial charge in [0.1, 0.15) is 17.1 Å². The van der Waals surface area contributed by atoms with Crippen LogP contribution in [0.1, 0.15) is 33.6 Å². The van der Waals surface area contributed by atoms with Gasteiger partial charge in [0.25, 0.3) is 0 Å². The number of halogens is 2. The van der Waals surface area contributed by atoms with Crippen LogP contribution in [-0.2, 0) is 11.3 Å². The summed E-state index contributed by atoms with van der Waals surface area (Å²) in [5.41, 5.74) is -0.548. The second-order valence-electron chi connectivity index (χ2n) is 8.49. The molecular weight excluding hydrogens is 455 g/mol. The number of hydrogen-bond donors (Lipinski definition) is 1. The Bertz CT molecular complexity index is 985. The highest BCUT2D eigenvalue weighted by atomic mass is 79.9. The molecule has 0 radical (unpaired) electrons. The van der Waals surface area contributed by atoms with E-state index in [1.807, 2.05) is 20.8 Å². The van der Waals surface area contributed by atoms with E-state index in [2.05, 4.69) is 25.9 Å². The molecular formula is C21H24BrFN4O3. The fraction of sp³-hybridized carbons (Fsp3) is 0.476. The fourth-order valence-corrected chi connectivity index (χ4v) is 3.85. The molecule has 0 bridgehead atoms. The molecule has 0 atom stereocenters. The summed E-state index contributed by atoms with van der Waals surface area (Å²) in [6.45, 7) is 13.4. The molecule has 1 aromatic carbocycles. The second kappa shape index (κ2) is 8.36. The number of aliphatic hydroxyl groups is 1. The summed E-state index contributed by atoms with van der Waals surface area (Å²) in [5.74, 6) is -0.600. The molecule has 1 amide bonds. The normalized spacial score (nSPS) is 16.2. The minimum absolute atomic E-state index is 0.0413. The number of hydrogen-bond acceptors (Lipinski definition) is 4. The summed E-state index contributed by atoms with van der Waals surface area (Å²) in [6, 6.07) is 4.34. The zero-order valence-electron chi connectivity index (χ0n) is 17.2. The van der Waals surface area contributed by atoms with E-state index in [1.54, 1.807) is 21.8 Å². The maximum atomic E-state index is 14.0. The summed E-state index contributed by atoms with van der Waals surface area (Å²) < 4.78 is 21.6. The number of piperidine rings is 1. The largest absolute Gasteiger partial charge is 0.444 e. The third-order valence-corrected chi connectivity index (χ3v) is 5.44. The van der Waals surface area contributed by atoms with Crippen LogP contribution in [0.3, 0.4) is 0 Å². The Morgan fingerprint density at radius 2 is 2.07 bits per heavy atom. The van der Waals surface area contributed by atoms with Gasteiger partial charge in [-0.05, 0) is 55.6 Å². The standard InChI is InChI=1S/C21H24BrFN4O3/c1-20(2,3)30-19(28)26-9-7-21(29,8-10-26)13-27-12-15(22)18(25-27)14-5-6-17(24-4)16(23)11-14/h5-6,11-12,29H,7-10,13H2,1-3H3. The zero-order valence-corrected chi connectivity index (χ0v) is 18.7. The molecule has 1 fully saturated rings. The molecule has 3 rings (SSSR count). The number of ether oxygens (including phenoxy) is 1. The molecule has 160 valence electrons. The van der Waals surface area contributed by atoms with Crippen LogP contribution in [0.4, 0.5) is 14.9 Å². The van der Waals surface area contributed by atoms with Gasteiger partial charge in [0.2, 0.25) is 5.69 Å². The Morgan fingerprint density at radius 1 is 1.40 bits per heavy atom. The van der Waals surface area contributed by atoms with Crippen molar-refractivity contribution < 1.29 is 19.0 Å². The molecule has 0 aliphatic carbocycles. The van der Waals surface area contributed by atoms with Crippen molar-refractivity contribution in [3.63, 3.8) is 0 Å². The van der Waals surface area contributed by atoms with Crippen molar-refractivity contribution >= 4 is 27.7 Å². The van der Waals surface area contributed by atoms with Gasteiger partial charge in [-0.1, -0.05) is 12.1 Å². The van der Waals surface area contributed by atoms with Crippen LogP contribution < -0.4 is 0 Å². The first-order chi connectivity index (χ1) is 14.0. The van der Waals surface area contributed by atoms with Crippen molar-refractivity contribution in [3.8, 4) is 11.3 Å². The van der Waals surface area contributed by atoms with E-state index in [4.69, 9.17) is 11.3 Å². The van der Waals surface area contributed by atoms with E-state index >= 15 is 0 Å². The van der Waals surface area contributed by atoms with Gasteiger partial charge in [0, 0.05) is 24.8 Å². The highest BCUT2D eigenvalue weighted by Crippen LogP contribution is 2.32. The van der Waals surface area contributed by atoms with Gasteiger partial charge >= 0.3 is 6.09 Å². The molecule has 7 nitrogen and oxygen atoms in total. The fourth-order valence-electron chi connectivity index (χ4n) is 3.31. The number of benzene rings is 1. The topological polar surface area (TPSA) is 72.0 Å². The molecule has 2 aromatic rings. The number of rotatable bonds is 3. The monoisotopic (exact) mass is 478 g/mol. The molecule has 0 unspecified atom stereocenters. The Kier molecular flexibility index (Phi) is 6.20. The molecule has 0 saturated carbocycles. The first-order valence-electron chi connectivity index (χ1n) is 9.60. The maximum Gasteiger partial charge on any atom is 0.410 e. The average molecular weight is 479 g/mol. The van der Waals surface area contributed by atoms with Crippen LogP contribution >= 0.6 is 15.9 Å². The number of likely N-dealkylation sites (tertiary alicyclic amines) is 1. The summed E-state index contributed by atoms with van der Waals surface area (Å²) in [4.78, 5) is 16.9. The third kappa shape index (κ3) is 5.18. The second-order valence-corrected chi connectivity index (χ2v) is 9.35. The zero-order chi connectivity index (χ0) is 22.1. The molecule has 1 N–H and O–H groups in total. The Labute approximate surface area is 183 Å². The van der Waals surface area contributed by atoms with E-state index in [0.717, 1.165) is 0 Å². The van der Waals surface area contributed by atoms with E-state index in [-0.39, 0.29) is 18.3 Å². The smallest absolute Gasteiger partial charge is 0.410 e. The highest BCUT2D eigenvalue weighted by Gasteiger charge is 2.36. The number of carbonyl (C=O) groups excluding carboxylic acids is 1. The first kappa shape index (κ1) is 22.2. The molecule has 1 aromatic heterocycles. The van der Waals surface area contributed by atoms with Gasteiger partial charge in [-0.25, -0.2) is 14.0 Å². The number of amides is 1. The molecule has 9 heteroatoms. The van der Waals surface area contributed by atoms with Crippen molar-refractivity contribution in [3.05, 3.63) is 46.1 Å². The van der Waals surface area contributed by atoms with E-state index in [1.165, 1.54) is 12.1 Å². The van der Waals surface area contributed by atoms with Crippen molar-refractivity contribution in [1.29, 1.82) is 0 Å². The van der Waals surface area contributed by atoms with Crippen LogP contribution in [0.5, 0.6) is 0 Å². The Balaban J connectivity index is 1.68. The molecule has 2 heterocycles. The number of carbonyl (C=O) groups is 1. The van der Waals surface area contributed by atoms with Crippen LogP contribution in [0.25, 0.3) is 16.1 Å². The number of aromatic nitrogens is 2. The quantitative estimate of drug-likeness (QED) is 0.645. The lowest BCUT2D eigenvalue weighted by Gasteiger charge is -2.38. The lowest BCUT2D eigenvalue weighted by Crippen LogP contribution is -2.49. The molecule has 1 aliphatic heterocycles. The predicted octanol–water partition coefficient (Wildman–Crippen LogP) is 4.76. The highest BCUT2D eigenvalue weighted by molar-refractivity contribution is 9.10. The van der Waals surface area contributed by atoms with Crippen molar-refractivity contribution in [2.75, 3.05) is 13.1 Å². The van der Waals surface area contributed by atoms with Gasteiger partial charge < -0.3 is 14.7 Å². The molecule has 0 spiro atoms. The minimum atomic E-state index is -1.01. The Hall–Kier alpha value is -2.44. The van der Waals surface area contributed by atoms with Gasteiger partial charge in [-0.15, -0.1) is 0 Å². The molecule has 1 saturated heterocycles. The van der Waals surface area contributed by atoms with E-state index < -0.39 is 17.0 Å². The van der Waals surface area contributed by atoms with Gasteiger partial charge in [0.15, 0.2) is 0 Å². The average Bonchev–Trinajstić information content (AvgIpc) is 3.00. The van der Waals surface area contributed by atoms with Crippen molar-refractivity contribution in [1.82, 2.24) is 14.7 Å². The van der Waals surface area contributed by atoms with Crippen LogP contribution in [-0.4, -0.2) is 50.2 Å². The van der Waals surface area contributed by atoms with Crippen LogP contribution in [0.15, 0.2) is 28.9 Å². The summed E-state index contributed by atoms with van der Waals surface area (Å²) in [6.07, 6.45) is 2.15. The van der Waals surface area contributed by atoms with Crippen LogP contribution in [0, 0.1) is 12.4 Å². The number of nitrogens with zero attached hydrogens (tertiary/aromatic N) is 4. The van der Waals surface area contributed by atoms with Gasteiger partial charge in [-0.3, -0.25) is 4.68 Å². The van der Waals surface area contributed by atoms with Gasteiger partial charge in [-0.2, -0.15) is 5.10 Å². The summed E-state index contributed by atoms with van der Waals surface area (Å²) in [7, 11) is 0. The maximum absolute atomic E-state index is 14.0. The van der Waals surface area contributed by atoms with Crippen molar-refractivity contribution in [2.45, 2.75) is 51.4 Å². The van der Waals surface area contributed by atoms with E-state index in [9.17, 15) is 14.3 Å². The predicted molar refractivity (Wildman–Crippen MR) is 114 cm³/mol. The lowest BCUT2D eigenvalue weighted by atomic mass is 9.91. The summed E-state index contributed by atoms with van der Waals surface area (Å²) in [5, 5.41) is 15.5. The minimum Gasteiger partial charge on any atom is -0.444 e. The van der Waals surface area contributed by atoms with Crippen LogP contribution in [0.2, 0.25) is 0 Å².